The quantitative estimate of drug-likeness (QED) is 0.326. The Kier molecular flexibility index (Phi) is 6.85. The monoisotopic (exact) mass is 481 g/mol. The molecule has 0 aliphatic rings. The topological polar surface area (TPSA) is 55.2 Å². The van der Waals surface area contributed by atoms with Gasteiger partial charge in [-0.2, -0.15) is 0 Å². The van der Waals surface area contributed by atoms with Gasteiger partial charge >= 0.3 is 0 Å². The first kappa shape index (κ1) is 25.4. The number of carbonyl (C=O) groups is 1. The highest BCUT2D eigenvalue weighted by Gasteiger charge is 2.27. The highest BCUT2D eigenvalue weighted by atomic mass is 16.2. The third-order valence-electron chi connectivity index (χ3n) is 6.85. The summed E-state index contributed by atoms with van der Waals surface area (Å²) in [5.74, 6) is 0.467. The highest BCUT2D eigenvalue weighted by molar-refractivity contribution is 5.94. The lowest BCUT2D eigenvalue weighted by Gasteiger charge is -2.30. The summed E-state index contributed by atoms with van der Waals surface area (Å²) in [6.07, 6.45) is 0. The predicted octanol–water partition coefficient (Wildman–Crippen LogP) is 6.52. The SMILES string of the molecule is CCN(C(=O)c1ccc(C(C)(C)C)cc1)C(C)c1nc2ccccc2c(=O)n1-c1cc(C)ccc1C. The third kappa shape index (κ3) is 4.70. The fourth-order valence-corrected chi connectivity index (χ4v) is 4.63. The van der Waals surface area contributed by atoms with Crippen LogP contribution in [0.5, 0.6) is 0 Å². The molecule has 4 aromatic rings. The largest absolute Gasteiger partial charge is 0.329 e. The van der Waals surface area contributed by atoms with Gasteiger partial charge in [-0.05, 0) is 80.1 Å². The second-order valence-electron chi connectivity index (χ2n) is 10.5. The summed E-state index contributed by atoms with van der Waals surface area (Å²) in [5.41, 5.74) is 5.12. The number of fused-ring (bicyclic) bond motifs is 1. The van der Waals surface area contributed by atoms with Gasteiger partial charge < -0.3 is 4.90 Å². The molecule has 4 rings (SSSR count). The van der Waals surface area contributed by atoms with Crippen LogP contribution in [0.3, 0.4) is 0 Å². The van der Waals surface area contributed by atoms with Gasteiger partial charge in [-0.25, -0.2) is 4.98 Å². The second-order valence-corrected chi connectivity index (χ2v) is 10.5. The first-order valence-corrected chi connectivity index (χ1v) is 12.5. The van der Waals surface area contributed by atoms with Crippen LogP contribution in [-0.4, -0.2) is 26.9 Å². The zero-order chi connectivity index (χ0) is 26.2. The van der Waals surface area contributed by atoms with Crippen LogP contribution in [0.15, 0.2) is 71.5 Å². The van der Waals surface area contributed by atoms with E-state index in [0.717, 1.165) is 16.8 Å². The minimum atomic E-state index is -0.429. The van der Waals surface area contributed by atoms with Crippen molar-refractivity contribution in [3.63, 3.8) is 0 Å². The van der Waals surface area contributed by atoms with Crippen molar-refractivity contribution in [2.24, 2.45) is 0 Å². The highest BCUT2D eigenvalue weighted by Crippen LogP contribution is 2.27. The lowest BCUT2D eigenvalue weighted by atomic mass is 9.86. The molecule has 1 amide bonds. The molecule has 1 aromatic heterocycles. The zero-order valence-corrected chi connectivity index (χ0v) is 22.3. The van der Waals surface area contributed by atoms with Gasteiger partial charge in [-0.15, -0.1) is 0 Å². The van der Waals surface area contributed by atoms with Crippen molar-refractivity contribution in [3.05, 3.63) is 105 Å². The molecule has 5 heteroatoms. The number of hydrogen-bond donors (Lipinski definition) is 0. The van der Waals surface area contributed by atoms with Crippen molar-refractivity contribution in [3.8, 4) is 5.69 Å². The molecule has 0 N–H and O–H groups in total. The number of nitrogens with zero attached hydrogens (tertiary/aromatic N) is 3. The number of hydrogen-bond acceptors (Lipinski definition) is 3. The minimum Gasteiger partial charge on any atom is -0.329 e. The maximum atomic E-state index is 13.8. The van der Waals surface area contributed by atoms with Gasteiger partial charge in [-0.1, -0.05) is 57.2 Å². The van der Waals surface area contributed by atoms with Crippen LogP contribution < -0.4 is 5.56 Å². The van der Waals surface area contributed by atoms with Gasteiger partial charge in [0.25, 0.3) is 11.5 Å². The molecule has 0 aliphatic carbocycles. The van der Waals surface area contributed by atoms with E-state index < -0.39 is 6.04 Å². The van der Waals surface area contributed by atoms with Crippen molar-refractivity contribution in [1.29, 1.82) is 0 Å². The Morgan fingerprint density at radius 1 is 1.00 bits per heavy atom. The normalized spacial score (nSPS) is 12.5. The average Bonchev–Trinajstić information content (AvgIpc) is 2.85. The lowest BCUT2D eigenvalue weighted by molar-refractivity contribution is 0.0693. The van der Waals surface area contributed by atoms with Gasteiger partial charge in [0.1, 0.15) is 5.82 Å². The molecule has 3 aromatic carbocycles. The molecule has 0 aliphatic heterocycles. The van der Waals surface area contributed by atoms with Gasteiger partial charge in [-0.3, -0.25) is 14.2 Å². The molecule has 0 bridgehead atoms. The summed E-state index contributed by atoms with van der Waals surface area (Å²) in [7, 11) is 0. The molecule has 1 heterocycles. The molecule has 0 spiro atoms. The number of aryl methyl sites for hydroxylation is 2. The molecule has 186 valence electrons. The van der Waals surface area contributed by atoms with Crippen LogP contribution in [0, 0.1) is 13.8 Å². The number of para-hydroxylation sites is 1. The Hall–Kier alpha value is -3.73. The molecule has 0 fully saturated rings. The molecule has 0 saturated carbocycles. The van der Waals surface area contributed by atoms with E-state index >= 15 is 0 Å². The lowest BCUT2D eigenvalue weighted by Crippen LogP contribution is -2.37. The first-order chi connectivity index (χ1) is 17.0. The molecule has 36 heavy (non-hydrogen) atoms. The van der Waals surface area contributed by atoms with E-state index in [4.69, 9.17) is 4.98 Å². The minimum absolute atomic E-state index is 0.00999. The standard InChI is InChI=1S/C31H35N3O2/c1-8-33(29(35)23-15-17-24(18-16-23)31(5,6)7)22(4)28-32-26-12-10-9-11-25(26)30(36)34(28)27-19-20(2)13-14-21(27)3/h9-19,22H,8H2,1-7H3. The molecular formula is C31H35N3O2. The van der Waals surface area contributed by atoms with Gasteiger partial charge in [0.2, 0.25) is 0 Å². The van der Waals surface area contributed by atoms with Crippen LogP contribution >= 0.6 is 0 Å². The summed E-state index contributed by atoms with van der Waals surface area (Å²) in [4.78, 5) is 34.2. The fourth-order valence-electron chi connectivity index (χ4n) is 4.63. The molecule has 5 nitrogen and oxygen atoms in total. The van der Waals surface area contributed by atoms with Crippen molar-refractivity contribution in [2.45, 2.75) is 59.9 Å². The number of carbonyl (C=O) groups excluding carboxylic acids is 1. The van der Waals surface area contributed by atoms with Crippen molar-refractivity contribution < 1.29 is 4.79 Å². The maximum absolute atomic E-state index is 13.8. The third-order valence-corrected chi connectivity index (χ3v) is 6.85. The molecule has 1 unspecified atom stereocenters. The smallest absolute Gasteiger partial charge is 0.266 e. The number of benzene rings is 3. The van der Waals surface area contributed by atoms with Gasteiger partial charge in [0, 0.05) is 12.1 Å². The van der Waals surface area contributed by atoms with Crippen LogP contribution in [0.4, 0.5) is 0 Å². The summed E-state index contributed by atoms with van der Waals surface area (Å²) in [6.45, 7) is 14.9. The number of amides is 1. The summed E-state index contributed by atoms with van der Waals surface area (Å²) >= 11 is 0. The van der Waals surface area contributed by atoms with Crippen LogP contribution in [-0.2, 0) is 5.41 Å². The Morgan fingerprint density at radius 3 is 2.31 bits per heavy atom. The van der Waals surface area contributed by atoms with E-state index in [2.05, 4.69) is 20.8 Å². The fraction of sp³-hybridized carbons (Fsp3) is 0.323. The Morgan fingerprint density at radius 2 is 1.67 bits per heavy atom. The van der Waals surface area contributed by atoms with E-state index in [9.17, 15) is 9.59 Å². The molecular weight excluding hydrogens is 446 g/mol. The summed E-state index contributed by atoms with van der Waals surface area (Å²) < 4.78 is 1.69. The zero-order valence-electron chi connectivity index (χ0n) is 22.3. The summed E-state index contributed by atoms with van der Waals surface area (Å²) in [6, 6.07) is 20.8. The van der Waals surface area contributed by atoms with Crippen LogP contribution in [0.2, 0.25) is 0 Å². The molecule has 1 atom stereocenters. The average molecular weight is 482 g/mol. The number of rotatable bonds is 5. The second kappa shape index (κ2) is 9.73. The van der Waals surface area contributed by atoms with Crippen molar-refractivity contribution in [2.75, 3.05) is 6.54 Å². The predicted molar refractivity (Wildman–Crippen MR) is 147 cm³/mol. The van der Waals surface area contributed by atoms with Crippen LogP contribution in [0.1, 0.15) is 73.5 Å². The Labute approximate surface area is 213 Å². The van der Waals surface area contributed by atoms with Gasteiger partial charge in [0.05, 0.1) is 22.6 Å². The molecule has 0 radical (unpaired) electrons. The molecule has 0 saturated heterocycles. The Balaban J connectivity index is 1.86. The van der Waals surface area contributed by atoms with Crippen molar-refractivity contribution >= 4 is 16.8 Å². The van der Waals surface area contributed by atoms with E-state index in [1.54, 1.807) is 15.5 Å². The van der Waals surface area contributed by atoms with E-state index in [0.29, 0.717) is 28.8 Å². The van der Waals surface area contributed by atoms with E-state index in [-0.39, 0.29) is 16.9 Å². The first-order valence-electron chi connectivity index (χ1n) is 12.5. The van der Waals surface area contributed by atoms with E-state index in [1.165, 1.54) is 5.56 Å². The van der Waals surface area contributed by atoms with E-state index in [1.807, 2.05) is 88.4 Å². The summed E-state index contributed by atoms with van der Waals surface area (Å²) in [5, 5.41) is 0.557. The van der Waals surface area contributed by atoms with Crippen molar-refractivity contribution in [1.82, 2.24) is 14.5 Å². The number of aromatic nitrogens is 2. The Bertz CT molecular complexity index is 1480. The van der Waals surface area contributed by atoms with Crippen LogP contribution in [0.25, 0.3) is 16.6 Å². The van der Waals surface area contributed by atoms with Gasteiger partial charge in [0.15, 0.2) is 0 Å². The maximum Gasteiger partial charge on any atom is 0.266 e.